The standard InChI is InChI=1S/C24H24N4O2/c29-23-17-27(15-21-7-3-4-10-25-21)24(30)22-16-26(11-12-28(22)23)14-18-8-9-19-5-1-2-6-20(19)13-18/h1-10,13,22H,11-12,14-17H2. The number of rotatable bonds is 4. The van der Waals surface area contributed by atoms with Crippen LogP contribution in [0.2, 0.25) is 0 Å². The first-order chi connectivity index (χ1) is 14.7. The summed E-state index contributed by atoms with van der Waals surface area (Å²) in [4.78, 5) is 35.8. The Kier molecular flexibility index (Phi) is 4.93. The minimum atomic E-state index is -0.413. The summed E-state index contributed by atoms with van der Waals surface area (Å²) in [5.41, 5.74) is 2.03. The summed E-state index contributed by atoms with van der Waals surface area (Å²) in [6.45, 7) is 3.23. The fourth-order valence-corrected chi connectivity index (χ4v) is 4.45. The van der Waals surface area contributed by atoms with Gasteiger partial charge in [-0.2, -0.15) is 0 Å². The molecule has 0 saturated carbocycles. The Balaban J connectivity index is 1.30. The van der Waals surface area contributed by atoms with E-state index in [1.807, 2.05) is 30.3 Å². The molecule has 0 spiro atoms. The minimum absolute atomic E-state index is 0.0171. The highest BCUT2D eigenvalue weighted by molar-refractivity contribution is 5.95. The zero-order valence-corrected chi connectivity index (χ0v) is 16.8. The second kappa shape index (κ2) is 7.88. The van der Waals surface area contributed by atoms with Crippen molar-refractivity contribution in [3.63, 3.8) is 0 Å². The molecule has 2 aliphatic rings. The summed E-state index contributed by atoms with van der Waals surface area (Å²) >= 11 is 0. The van der Waals surface area contributed by atoms with Crippen LogP contribution in [0.25, 0.3) is 10.8 Å². The van der Waals surface area contributed by atoms with Crippen molar-refractivity contribution in [1.29, 1.82) is 0 Å². The van der Waals surface area contributed by atoms with E-state index >= 15 is 0 Å². The molecular formula is C24H24N4O2. The monoisotopic (exact) mass is 400 g/mol. The third kappa shape index (κ3) is 3.66. The van der Waals surface area contributed by atoms with Crippen LogP contribution in [0.1, 0.15) is 11.3 Å². The van der Waals surface area contributed by atoms with Crippen molar-refractivity contribution in [1.82, 2.24) is 19.7 Å². The number of aromatic nitrogens is 1. The van der Waals surface area contributed by atoms with E-state index in [0.717, 1.165) is 18.8 Å². The van der Waals surface area contributed by atoms with Gasteiger partial charge in [-0.3, -0.25) is 19.5 Å². The van der Waals surface area contributed by atoms with E-state index in [0.29, 0.717) is 19.6 Å². The van der Waals surface area contributed by atoms with Gasteiger partial charge in [0.2, 0.25) is 11.8 Å². The minimum Gasteiger partial charge on any atom is -0.327 e. The van der Waals surface area contributed by atoms with Crippen LogP contribution in [-0.4, -0.2) is 63.7 Å². The number of benzene rings is 2. The molecule has 2 amide bonds. The molecule has 3 heterocycles. The maximum atomic E-state index is 13.2. The quantitative estimate of drug-likeness (QED) is 0.674. The van der Waals surface area contributed by atoms with Crippen molar-refractivity contribution in [2.75, 3.05) is 26.2 Å². The molecule has 2 aromatic carbocycles. The maximum Gasteiger partial charge on any atom is 0.247 e. The largest absolute Gasteiger partial charge is 0.327 e. The van der Waals surface area contributed by atoms with Gasteiger partial charge in [-0.25, -0.2) is 0 Å². The van der Waals surface area contributed by atoms with E-state index in [1.54, 1.807) is 16.0 Å². The topological polar surface area (TPSA) is 56.8 Å². The lowest BCUT2D eigenvalue weighted by Crippen LogP contribution is -2.66. The highest BCUT2D eigenvalue weighted by atomic mass is 16.2. The van der Waals surface area contributed by atoms with Crippen LogP contribution < -0.4 is 0 Å². The number of carbonyl (C=O) groups is 2. The van der Waals surface area contributed by atoms with E-state index in [9.17, 15) is 9.59 Å². The number of pyridine rings is 1. The molecule has 30 heavy (non-hydrogen) atoms. The molecule has 0 bridgehead atoms. The molecule has 1 atom stereocenters. The highest BCUT2D eigenvalue weighted by Gasteiger charge is 2.42. The normalized spacial score (nSPS) is 19.9. The van der Waals surface area contributed by atoms with E-state index in [2.05, 4.69) is 40.2 Å². The van der Waals surface area contributed by atoms with Gasteiger partial charge < -0.3 is 9.80 Å². The Morgan fingerprint density at radius 1 is 0.900 bits per heavy atom. The van der Waals surface area contributed by atoms with E-state index in [1.165, 1.54) is 16.3 Å². The van der Waals surface area contributed by atoms with Crippen molar-refractivity contribution < 1.29 is 9.59 Å². The third-order valence-electron chi connectivity index (χ3n) is 6.01. The molecule has 6 heteroatoms. The van der Waals surface area contributed by atoms with Crippen molar-refractivity contribution in [3.8, 4) is 0 Å². The van der Waals surface area contributed by atoms with Crippen LogP contribution in [0, 0.1) is 0 Å². The average molecular weight is 400 g/mol. The molecular weight excluding hydrogens is 376 g/mol. The summed E-state index contributed by atoms with van der Waals surface area (Å²) in [6, 6.07) is 20.1. The number of carbonyl (C=O) groups excluding carboxylic acids is 2. The fraction of sp³-hybridized carbons (Fsp3) is 0.292. The summed E-state index contributed by atoms with van der Waals surface area (Å²) < 4.78 is 0. The van der Waals surface area contributed by atoms with Crippen LogP contribution >= 0.6 is 0 Å². The number of hydrogen-bond donors (Lipinski definition) is 0. The van der Waals surface area contributed by atoms with Gasteiger partial charge in [0.05, 0.1) is 12.2 Å². The molecule has 2 fully saturated rings. The lowest BCUT2D eigenvalue weighted by molar-refractivity contribution is -0.160. The molecule has 6 nitrogen and oxygen atoms in total. The van der Waals surface area contributed by atoms with Gasteiger partial charge in [0.25, 0.3) is 0 Å². The Morgan fingerprint density at radius 3 is 2.57 bits per heavy atom. The van der Waals surface area contributed by atoms with Gasteiger partial charge in [-0.15, -0.1) is 0 Å². The predicted octanol–water partition coefficient (Wildman–Crippen LogP) is 2.29. The van der Waals surface area contributed by atoms with Gasteiger partial charge in [0, 0.05) is 32.4 Å². The lowest BCUT2D eigenvalue weighted by atomic mass is 10.0. The number of hydrogen-bond acceptors (Lipinski definition) is 4. The van der Waals surface area contributed by atoms with Crippen molar-refractivity contribution in [2.24, 2.45) is 0 Å². The van der Waals surface area contributed by atoms with Crippen molar-refractivity contribution >= 4 is 22.6 Å². The number of nitrogens with zero attached hydrogens (tertiary/aromatic N) is 4. The molecule has 3 aromatic rings. The SMILES string of the molecule is O=C1C2CN(Cc3ccc4ccccc4c3)CCN2C(=O)CN1Cc1ccccn1. The molecule has 1 aromatic heterocycles. The molecule has 0 aliphatic carbocycles. The van der Waals surface area contributed by atoms with Gasteiger partial charge in [0.1, 0.15) is 12.6 Å². The van der Waals surface area contributed by atoms with Crippen LogP contribution in [-0.2, 0) is 22.7 Å². The first kappa shape index (κ1) is 18.8. The van der Waals surface area contributed by atoms with Crippen molar-refractivity contribution in [3.05, 3.63) is 78.1 Å². The summed E-state index contributed by atoms with van der Waals surface area (Å²) in [5, 5.41) is 2.45. The Labute approximate surface area is 175 Å². The van der Waals surface area contributed by atoms with Crippen LogP contribution in [0.15, 0.2) is 66.9 Å². The fourth-order valence-electron chi connectivity index (χ4n) is 4.45. The zero-order valence-electron chi connectivity index (χ0n) is 16.8. The first-order valence-electron chi connectivity index (χ1n) is 10.4. The second-order valence-electron chi connectivity index (χ2n) is 8.03. The van der Waals surface area contributed by atoms with Gasteiger partial charge in [-0.1, -0.05) is 42.5 Å². The van der Waals surface area contributed by atoms with Crippen LogP contribution in [0.3, 0.4) is 0 Å². The first-order valence-corrected chi connectivity index (χ1v) is 10.4. The predicted molar refractivity (Wildman–Crippen MR) is 114 cm³/mol. The Hall–Kier alpha value is -3.25. The highest BCUT2D eigenvalue weighted by Crippen LogP contribution is 2.22. The lowest BCUT2D eigenvalue weighted by Gasteiger charge is -2.46. The molecule has 2 aliphatic heterocycles. The van der Waals surface area contributed by atoms with E-state index < -0.39 is 6.04 Å². The molecule has 5 rings (SSSR count). The van der Waals surface area contributed by atoms with E-state index in [4.69, 9.17) is 0 Å². The third-order valence-corrected chi connectivity index (χ3v) is 6.01. The number of piperazine rings is 2. The summed E-state index contributed by atoms with van der Waals surface area (Å²) in [5.74, 6) is 0.0457. The Bertz CT molecular complexity index is 1080. The van der Waals surface area contributed by atoms with Gasteiger partial charge in [0.15, 0.2) is 0 Å². The number of fused-ring (bicyclic) bond motifs is 2. The molecule has 0 N–H and O–H groups in total. The smallest absolute Gasteiger partial charge is 0.247 e. The van der Waals surface area contributed by atoms with E-state index in [-0.39, 0.29) is 18.4 Å². The number of amides is 2. The van der Waals surface area contributed by atoms with Gasteiger partial charge >= 0.3 is 0 Å². The zero-order chi connectivity index (χ0) is 20.5. The Morgan fingerprint density at radius 2 is 1.73 bits per heavy atom. The molecule has 152 valence electrons. The van der Waals surface area contributed by atoms with Crippen LogP contribution in [0.4, 0.5) is 0 Å². The maximum absolute atomic E-state index is 13.2. The second-order valence-corrected chi connectivity index (χ2v) is 8.03. The average Bonchev–Trinajstić information content (AvgIpc) is 2.78. The molecule has 0 radical (unpaired) electrons. The van der Waals surface area contributed by atoms with Crippen LogP contribution in [0.5, 0.6) is 0 Å². The molecule has 2 saturated heterocycles. The summed E-state index contributed by atoms with van der Waals surface area (Å²) in [7, 11) is 0. The van der Waals surface area contributed by atoms with Crippen molar-refractivity contribution in [2.45, 2.75) is 19.1 Å². The van der Waals surface area contributed by atoms with Gasteiger partial charge in [-0.05, 0) is 34.5 Å². The summed E-state index contributed by atoms with van der Waals surface area (Å²) in [6.07, 6.45) is 1.71. The molecule has 1 unspecified atom stereocenters.